The van der Waals surface area contributed by atoms with Crippen LogP contribution in [0.1, 0.15) is 24.5 Å². The van der Waals surface area contributed by atoms with E-state index < -0.39 is 0 Å². The zero-order chi connectivity index (χ0) is 22.5. The van der Waals surface area contributed by atoms with Crippen molar-refractivity contribution >= 4 is 18.0 Å². The van der Waals surface area contributed by atoms with Crippen molar-refractivity contribution in [2.45, 2.75) is 20.0 Å². The number of hydrazone groups is 1. The van der Waals surface area contributed by atoms with Crippen molar-refractivity contribution in [1.29, 1.82) is 0 Å². The second-order valence-electron chi connectivity index (χ2n) is 9.30. The van der Waals surface area contributed by atoms with E-state index in [1.807, 2.05) is 55.5 Å². The smallest absolute Gasteiger partial charge is 0.254 e. The Morgan fingerprint density at radius 3 is 2.30 bits per heavy atom. The highest BCUT2D eigenvalue weighted by Gasteiger charge is 2.67. The number of carbonyl (C=O) groups excluding carboxylic acids is 2. The number of imide groups is 1. The maximum absolute atomic E-state index is 13.1. The molecule has 2 aromatic rings. The van der Waals surface area contributed by atoms with Crippen LogP contribution in [-0.2, 0) is 16.2 Å². The molecule has 0 unspecified atom stereocenters. The third-order valence-corrected chi connectivity index (χ3v) is 7.47. The molecular formula is C27H26N2O4. The van der Waals surface area contributed by atoms with Crippen LogP contribution in [-0.4, -0.2) is 29.6 Å². The topological polar surface area (TPSA) is 68.2 Å². The van der Waals surface area contributed by atoms with Gasteiger partial charge in [-0.15, -0.1) is 0 Å². The van der Waals surface area contributed by atoms with Gasteiger partial charge in [0.2, 0.25) is 0 Å². The molecule has 33 heavy (non-hydrogen) atoms. The first kappa shape index (κ1) is 20.2. The molecule has 0 aromatic heterocycles. The highest BCUT2D eigenvalue weighted by atomic mass is 16.5. The summed E-state index contributed by atoms with van der Waals surface area (Å²) in [6.07, 6.45) is 7.05. The van der Waals surface area contributed by atoms with Crippen LogP contribution in [0.5, 0.6) is 11.5 Å². The fraction of sp³-hybridized carbons (Fsp3) is 0.370. The maximum atomic E-state index is 13.1. The fourth-order valence-electron chi connectivity index (χ4n) is 5.91. The van der Waals surface area contributed by atoms with Gasteiger partial charge in [-0.05, 0) is 66.3 Å². The molecular weight excluding hydrogens is 416 g/mol. The predicted octanol–water partition coefficient (Wildman–Crippen LogP) is 4.05. The van der Waals surface area contributed by atoms with Gasteiger partial charge in [-0.3, -0.25) is 9.59 Å². The molecule has 5 aliphatic rings. The largest absolute Gasteiger partial charge is 0.490 e. The SMILES string of the molecule is CCOc1cc(/C=N\N2C(=O)[C@@H]3[C@H]4C=C[C@@H]([C@@H]5C[C@H]45)[C@H]3C2=O)ccc1OCc1ccccc1. The van der Waals surface area contributed by atoms with Crippen LogP contribution in [0.3, 0.4) is 0 Å². The number of nitrogens with zero attached hydrogens (tertiary/aromatic N) is 2. The van der Waals surface area contributed by atoms with Crippen molar-refractivity contribution in [1.82, 2.24) is 5.01 Å². The highest BCUT2D eigenvalue weighted by molar-refractivity contribution is 6.06. The first-order valence-electron chi connectivity index (χ1n) is 11.7. The van der Waals surface area contributed by atoms with Gasteiger partial charge in [0.1, 0.15) is 6.61 Å². The van der Waals surface area contributed by atoms with Crippen LogP contribution in [0.2, 0.25) is 0 Å². The number of benzene rings is 2. The summed E-state index contributed by atoms with van der Waals surface area (Å²) in [5, 5.41) is 5.43. The molecule has 3 fully saturated rings. The second-order valence-corrected chi connectivity index (χ2v) is 9.30. The van der Waals surface area contributed by atoms with E-state index in [-0.39, 0.29) is 35.5 Å². The van der Waals surface area contributed by atoms with Gasteiger partial charge in [0.15, 0.2) is 11.5 Å². The molecule has 6 atom stereocenters. The van der Waals surface area contributed by atoms with Gasteiger partial charge in [0.25, 0.3) is 11.8 Å². The van der Waals surface area contributed by atoms with Crippen LogP contribution in [0.15, 0.2) is 65.8 Å². The molecule has 1 saturated heterocycles. The second kappa shape index (κ2) is 7.87. The number of hydrogen-bond acceptors (Lipinski definition) is 5. The Hall–Kier alpha value is -3.41. The fourth-order valence-corrected chi connectivity index (χ4v) is 5.91. The van der Waals surface area contributed by atoms with E-state index in [0.717, 1.165) is 22.6 Å². The van der Waals surface area contributed by atoms with E-state index in [4.69, 9.17) is 9.47 Å². The molecule has 4 aliphatic carbocycles. The molecule has 1 aliphatic heterocycles. The Balaban J connectivity index is 1.19. The van der Waals surface area contributed by atoms with E-state index in [0.29, 0.717) is 36.5 Å². The van der Waals surface area contributed by atoms with Gasteiger partial charge >= 0.3 is 0 Å². The Kier molecular flexibility index (Phi) is 4.82. The van der Waals surface area contributed by atoms with E-state index in [1.165, 1.54) is 0 Å². The number of hydrogen-bond donors (Lipinski definition) is 0. The van der Waals surface area contributed by atoms with Gasteiger partial charge in [-0.2, -0.15) is 10.1 Å². The average Bonchev–Trinajstić information content (AvgIpc) is 3.62. The average molecular weight is 443 g/mol. The Labute approximate surface area is 192 Å². The quantitative estimate of drug-likeness (QED) is 0.369. The Bertz CT molecular complexity index is 1120. The first-order valence-corrected chi connectivity index (χ1v) is 11.7. The number of ether oxygens (including phenoxy) is 2. The zero-order valence-electron chi connectivity index (χ0n) is 18.5. The van der Waals surface area contributed by atoms with E-state index in [9.17, 15) is 9.59 Å². The van der Waals surface area contributed by atoms with E-state index in [2.05, 4.69) is 17.3 Å². The van der Waals surface area contributed by atoms with Crippen molar-refractivity contribution < 1.29 is 19.1 Å². The van der Waals surface area contributed by atoms with Crippen LogP contribution >= 0.6 is 0 Å². The lowest BCUT2D eigenvalue weighted by atomic mass is 9.63. The molecule has 0 spiro atoms. The normalized spacial score (nSPS) is 31.1. The summed E-state index contributed by atoms with van der Waals surface area (Å²) in [5.41, 5.74) is 1.81. The summed E-state index contributed by atoms with van der Waals surface area (Å²) >= 11 is 0. The zero-order valence-corrected chi connectivity index (χ0v) is 18.5. The van der Waals surface area contributed by atoms with Crippen molar-refractivity contribution in [3.8, 4) is 11.5 Å². The van der Waals surface area contributed by atoms with Crippen LogP contribution in [0, 0.1) is 35.5 Å². The van der Waals surface area contributed by atoms with Crippen LogP contribution in [0.4, 0.5) is 0 Å². The van der Waals surface area contributed by atoms with Crippen LogP contribution < -0.4 is 9.47 Å². The molecule has 1 heterocycles. The number of rotatable bonds is 7. The molecule has 6 nitrogen and oxygen atoms in total. The molecule has 0 radical (unpaired) electrons. The first-order chi connectivity index (χ1) is 16.2. The van der Waals surface area contributed by atoms with Crippen LogP contribution in [0.25, 0.3) is 0 Å². The summed E-state index contributed by atoms with van der Waals surface area (Å²) in [4.78, 5) is 26.2. The van der Waals surface area contributed by atoms with Gasteiger partial charge in [-0.1, -0.05) is 42.5 Å². The molecule has 2 bridgehead atoms. The van der Waals surface area contributed by atoms with Gasteiger partial charge in [0.05, 0.1) is 24.7 Å². The Morgan fingerprint density at radius 1 is 0.939 bits per heavy atom. The summed E-state index contributed by atoms with van der Waals surface area (Å²) in [7, 11) is 0. The van der Waals surface area contributed by atoms with Gasteiger partial charge in [-0.25, -0.2) is 0 Å². The third kappa shape index (κ3) is 3.36. The lowest BCUT2D eigenvalue weighted by Crippen LogP contribution is -2.40. The molecule has 0 N–H and O–H groups in total. The molecule has 168 valence electrons. The lowest BCUT2D eigenvalue weighted by Gasteiger charge is -2.37. The van der Waals surface area contributed by atoms with Gasteiger partial charge < -0.3 is 9.47 Å². The van der Waals surface area contributed by atoms with Crippen molar-refractivity contribution in [3.63, 3.8) is 0 Å². The summed E-state index contributed by atoms with van der Waals surface area (Å²) in [6.45, 7) is 2.84. The number of carbonyl (C=O) groups is 2. The summed E-state index contributed by atoms with van der Waals surface area (Å²) < 4.78 is 11.7. The van der Waals surface area contributed by atoms with Crippen molar-refractivity contribution in [3.05, 3.63) is 71.8 Å². The minimum absolute atomic E-state index is 0.154. The molecule has 2 aromatic carbocycles. The summed E-state index contributed by atoms with van der Waals surface area (Å²) in [6, 6.07) is 15.4. The predicted molar refractivity (Wildman–Crippen MR) is 123 cm³/mol. The van der Waals surface area contributed by atoms with E-state index >= 15 is 0 Å². The number of allylic oxidation sites excluding steroid dienone is 2. The monoisotopic (exact) mass is 442 g/mol. The summed E-state index contributed by atoms with van der Waals surface area (Å²) in [5.74, 6) is 2.03. The number of amides is 2. The maximum Gasteiger partial charge on any atom is 0.254 e. The minimum atomic E-state index is -0.235. The molecule has 2 saturated carbocycles. The third-order valence-electron chi connectivity index (χ3n) is 7.47. The standard InChI is InChI=1S/C27H26N2O4/c1-2-32-23-12-17(8-11-22(23)33-15-16-6-4-3-5-7-16)14-28-29-26(30)24-18-9-10-19(21-13-20(18)21)25(24)27(29)31/h3-12,14,18-21,24-25H,2,13,15H2,1H3/b28-14-/t18-,19-,20-,21+,24+,25+/m0/s1. The molecule has 7 rings (SSSR count). The minimum Gasteiger partial charge on any atom is -0.490 e. The van der Waals surface area contributed by atoms with Gasteiger partial charge in [0, 0.05) is 0 Å². The van der Waals surface area contributed by atoms with Crippen molar-refractivity contribution in [2.24, 2.45) is 40.6 Å². The molecule has 6 heteroatoms. The van der Waals surface area contributed by atoms with Crippen molar-refractivity contribution in [2.75, 3.05) is 6.61 Å². The molecule has 2 amide bonds. The Morgan fingerprint density at radius 2 is 1.64 bits per heavy atom. The highest BCUT2D eigenvalue weighted by Crippen LogP contribution is 2.65. The lowest BCUT2D eigenvalue weighted by molar-refractivity contribution is -0.140. The van der Waals surface area contributed by atoms with E-state index in [1.54, 1.807) is 6.21 Å².